The lowest BCUT2D eigenvalue weighted by Gasteiger charge is -2.25. The number of carbonyl (C=O) groups excluding carboxylic acids is 2. The summed E-state index contributed by atoms with van der Waals surface area (Å²) in [4.78, 5) is 26.9. The molecule has 0 radical (unpaired) electrons. The highest BCUT2D eigenvalue weighted by Crippen LogP contribution is 2.18. The van der Waals surface area contributed by atoms with Crippen molar-refractivity contribution in [3.63, 3.8) is 0 Å². The Bertz CT molecular complexity index is 870. The number of aromatic nitrogens is 2. The van der Waals surface area contributed by atoms with E-state index in [9.17, 15) is 9.59 Å². The highest BCUT2D eigenvalue weighted by Gasteiger charge is 2.27. The molecule has 0 unspecified atom stereocenters. The van der Waals surface area contributed by atoms with E-state index in [-0.39, 0.29) is 11.6 Å². The summed E-state index contributed by atoms with van der Waals surface area (Å²) in [5.41, 5.74) is 1.81. The SMILES string of the molecule is CC(C)N(C(=O)C(=O)c1cnn(-c2ccccc2)c1)c1ccccc1. The molecular weight excluding hydrogens is 314 g/mol. The number of amides is 1. The molecule has 1 amide bonds. The Balaban J connectivity index is 1.87. The Hall–Kier alpha value is -3.21. The molecule has 0 spiro atoms. The third kappa shape index (κ3) is 3.50. The first-order valence-corrected chi connectivity index (χ1v) is 8.11. The minimum atomic E-state index is -0.570. The molecule has 25 heavy (non-hydrogen) atoms. The molecule has 0 fully saturated rings. The Morgan fingerprint density at radius 2 is 1.56 bits per heavy atom. The van der Waals surface area contributed by atoms with Crippen LogP contribution in [0.5, 0.6) is 0 Å². The van der Waals surface area contributed by atoms with Crippen LogP contribution >= 0.6 is 0 Å². The molecule has 0 saturated carbocycles. The number of rotatable bonds is 5. The zero-order valence-corrected chi connectivity index (χ0v) is 14.2. The Morgan fingerprint density at radius 3 is 2.16 bits per heavy atom. The maximum atomic E-state index is 12.8. The van der Waals surface area contributed by atoms with Gasteiger partial charge in [-0.15, -0.1) is 0 Å². The molecule has 1 aromatic heterocycles. The van der Waals surface area contributed by atoms with Gasteiger partial charge in [-0.2, -0.15) is 5.10 Å². The molecule has 0 aliphatic rings. The van der Waals surface area contributed by atoms with Crippen LogP contribution in [-0.4, -0.2) is 27.5 Å². The summed E-state index contributed by atoms with van der Waals surface area (Å²) in [5.74, 6) is -1.13. The van der Waals surface area contributed by atoms with Crippen molar-refractivity contribution >= 4 is 17.4 Å². The van der Waals surface area contributed by atoms with Gasteiger partial charge in [-0.1, -0.05) is 36.4 Å². The fourth-order valence-electron chi connectivity index (χ4n) is 2.63. The molecule has 126 valence electrons. The van der Waals surface area contributed by atoms with E-state index in [2.05, 4.69) is 5.10 Å². The number of para-hydroxylation sites is 2. The topological polar surface area (TPSA) is 55.2 Å². The molecule has 0 bridgehead atoms. The van der Waals surface area contributed by atoms with E-state index in [0.717, 1.165) is 5.69 Å². The van der Waals surface area contributed by atoms with Crippen LogP contribution in [0.1, 0.15) is 24.2 Å². The van der Waals surface area contributed by atoms with Crippen molar-refractivity contribution in [2.75, 3.05) is 4.90 Å². The van der Waals surface area contributed by atoms with Crippen LogP contribution < -0.4 is 4.90 Å². The molecule has 3 aromatic rings. The maximum Gasteiger partial charge on any atom is 0.299 e. The number of carbonyl (C=O) groups is 2. The van der Waals surface area contributed by atoms with Gasteiger partial charge < -0.3 is 4.90 Å². The van der Waals surface area contributed by atoms with Crippen LogP contribution in [0.25, 0.3) is 5.69 Å². The molecule has 2 aromatic carbocycles. The molecule has 3 rings (SSSR count). The minimum absolute atomic E-state index is 0.136. The van der Waals surface area contributed by atoms with Crippen molar-refractivity contribution in [2.24, 2.45) is 0 Å². The number of anilines is 1. The van der Waals surface area contributed by atoms with Crippen LogP contribution in [-0.2, 0) is 4.79 Å². The number of Topliss-reactive ketones (excluding diaryl/α,β-unsaturated/α-hetero) is 1. The fraction of sp³-hybridized carbons (Fsp3) is 0.150. The van der Waals surface area contributed by atoms with Crippen molar-refractivity contribution in [3.8, 4) is 5.69 Å². The standard InChI is InChI=1S/C20H19N3O2/c1-15(2)23(18-11-7-4-8-12-18)20(25)19(24)16-13-21-22(14-16)17-9-5-3-6-10-17/h3-15H,1-2H3. The van der Waals surface area contributed by atoms with E-state index >= 15 is 0 Å². The molecule has 5 heteroatoms. The first-order chi connectivity index (χ1) is 12.1. The predicted octanol–water partition coefficient (Wildman–Crippen LogP) is 3.50. The summed E-state index contributed by atoms with van der Waals surface area (Å²) in [7, 11) is 0. The van der Waals surface area contributed by atoms with Crippen molar-refractivity contribution in [2.45, 2.75) is 19.9 Å². The van der Waals surface area contributed by atoms with Gasteiger partial charge in [0.25, 0.3) is 11.7 Å². The van der Waals surface area contributed by atoms with Crippen molar-refractivity contribution in [3.05, 3.63) is 78.6 Å². The fourth-order valence-corrected chi connectivity index (χ4v) is 2.63. The number of ketones is 1. The van der Waals surface area contributed by atoms with Gasteiger partial charge in [0.15, 0.2) is 0 Å². The lowest BCUT2D eigenvalue weighted by atomic mass is 10.1. The number of benzene rings is 2. The van der Waals surface area contributed by atoms with E-state index in [0.29, 0.717) is 5.69 Å². The first kappa shape index (κ1) is 16.6. The summed E-state index contributed by atoms with van der Waals surface area (Å²) in [6.45, 7) is 3.76. The molecule has 1 heterocycles. The van der Waals surface area contributed by atoms with Crippen LogP contribution in [0.2, 0.25) is 0 Å². The zero-order chi connectivity index (χ0) is 17.8. The van der Waals surface area contributed by atoms with E-state index < -0.39 is 11.7 Å². The summed E-state index contributed by atoms with van der Waals surface area (Å²) in [6, 6.07) is 18.5. The van der Waals surface area contributed by atoms with E-state index in [1.807, 2.05) is 74.5 Å². The molecule has 0 aliphatic carbocycles. The summed E-state index contributed by atoms with van der Waals surface area (Å²) >= 11 is 0. The summed E-state index contributed by atoms with van der Waals surface area (Å²) in [6.07, 6.45) is 3.01. The second kappa shape index (κ2) is 7.13. The van der Waals surface area contributed by atoms with Gasteiger partial charge in [-0.3, -0.25) is 9.59 Å². The highest BCUT2D eigenvalue weighted by molar-refractivity contribution is 6.47. The molecule has 0 atom stereocenters. The number of nitrogens with zero attached hydrogens (tertiary/aromatic N) is 3. The number of hydrogen-bond acceptors (Lipinski definition) is 3. The first-order valence-electron chi connectivity index (χ1n) is 8.11. The Kier molecular flexibility index (Phi) is 4.75. The van der Waals surface area contributed by atoms with Gasteiger partial charge in [0, 0.05) is 17.9 Å². The van der Waals surface area contributed by atoms with Gasteiger partial charge >= 0.3 is 0 Å². The predicted molar refractivity (Wildman–Crippen MR) is 97.0 cm³/mol. The second-order valence-electron chi connectivity index (χ2n) is 5.94. The maximum absolute atomic E-state index is 12.8. The second-order valence-corrected chi connectivity index (χ2v) is 5.94. The van der Waals surface area contributed by atoms with E-state index in [1.165, 1.54) is 11.1 Å². The van der Waals surface area contributed by atoms with Gasteiger partial charge in [-0.05, 0) is 38.1 Å². The van der Waals surface area contributed by atoms with Crippen LogP contribution in [0.4, 0.5) is 5.69 Å². The quantitative estimate of drug-likeness (QED) is 0.530. The highest BCUT2D eigenvalue weighted by atomic mass is 16.2. The monoisotopic (exact) mass is 333 g/mol. The minimum Gasteiger partial charge on any atom is -0.303 e. The lowest BCUT2D eigenvalue weighted by Crippen LogP contribution is -2.41. The average Bonchev–Trinajstić information content (AvgIpc) is 3.12. The lowest BCUT2D eigenvalue weighted by molar-refractivity contribution is -0.115. The molecule has 0 aliphatic heterocycles. The van der Waals surface area contributed by atoms with Crippen molar-refractivity contribution in [1.29, 1.82) is 0 Å². The average molecular weight is 333 g/mol. The summed E-state index contributed by atoms with van der Waals surface area (Å²) in [5, 5.41) is 4.19. The Morgan fingerprint density at radius 1 is 0.960 bits per heavy atom. The smallest absolute Gasteiger partial charge is 0.299 e. The molecular formula is C20H19N3O2. The van der Waals surface area contributed by atoms with Gasteiger partial charge in [0.2, 0.25) is 0 Å². The van der Waals surface area contributed by atoms with Crippen LogP contribution in [0.15, 0.2) is 73.1 Å². The van der Waals surface area contributed by atoms with Crippen molar-refractivity contribution < 1.29 is 9.59 Å². The molecule has 0 N–H and O–H groups in total. The number of hydrogen-bond donors (Lipinski definition) is 0. The van der Waals surface area contributed by atoms with E-state index in [4.69, 9.17) is 0 Å². The van der Waals surface area contributed by atoms with Crippen LogP contribution in [0, 0.1) is 0 Å². The summed E-state index contributed by atoms with van der Waals surface area (Å²) < 4.78 is 1.59. The third-order valence-corrected chi connectivity index (χ3v) is 3.83. The van der Waals surface area contributed by atoms with Crippen LogP contribution in [0.3, 0.4) is 0 Å². The third-order valence-electron chi connectivity index (χ3n) is 3.83. The van der Waals surface area contributed by atoms with Crippen molar-refractivity contribution in [1.82, 2.24) is 9.78 Å². The van der Waals surface area contributed by atoms with E-state index in [1.54, 1.807) is 10.9 Å². The largest absolute Gasteiger partial charge is 0.303 e. The zero-order valence-electron chi connectivity index (χ0n) is 14.2. The molecule has 5 nitrogen and oxygen atoms in total. The molecule has 0 saturated heterocycles. The Labute approximate surface area is 146 Å². The van der Waals surface area contributed by atoms with Gasteiger partial charge in [-0.25, -0.2) is 4.68 Å². The van der Waals surface area contributed by atoms with Gasteiger partial charge in [0.1, 0.15) is 0 Å². The normalized spacial score (nSPS) is 10.7. The van der Waals surface area contributed by atoms with Gasteiger partial charge in [0.05, 0.1) is 17.4 Å².